The molecule has 1 rings (SSSR count). The molecular weight excluding hydrogens is 208 g/mol. The molecule has 0 unspecified atom stereocenters. The van der Waals surface area contributed by atoms with Gasteiger partial charge in [0.1, 0.15) is 5.75 Å². The summed E-state index contributed by atoms with van der Waals surface area (Å²) < 4.78 is 5.01. The van der Waals surface area contributed by atoms with Crippen LogP contribution < -0.4 is 15.8 Å². The summed E-state index contributed by atoms with van der Waals surface area (Å²) in [5, 5.41) is 11.4. The Labute approximate surface area is 94.2 Å². The van der Waals surface area contributed by atoms with Gasteiger partial charge < -0.3 is 20.9 Å². The Morgan fingerprint density at radius 3 is 2.88 bits per heavy atom. The van der Waals surface area contributed by atoms with Crippen LogP contribution in [0, 0.1) is 0 Å². The van der Waals surface area contributed by atoms with Crippen molar-refractivity contribution in [3.8, 4) is 5.75 Å². The number of anilines is 1. The molecule has 1 aromatic carbocycles. The molecule has 0 radical (unpaired) electrons. The minimum atomic E-state index is -0.281. The van der Waals surface area contributed by atoms with Crippen LogP contribution in [0.1, 0.15) is 17.3 Å². The van der Waals surface area contributed by atoms with Crippen LogP contribution in [0.25, 0.3) is 0 Å². The number of benzene rings is 1. The van der Waals surface area contributed by atoms with E-state index in [0.29, 0.717) is 17.0 Å². The zero-order chi connectivity index (χ0) is 12.1. The minimum Gasteiger partial charge on any atom is -0.495 e. The van der Waals surface area contributed by atoms with E-state index in [4.69, 9.17) is 15.6 Å². The highest BCUT2D eigenvalue weighted by Crippen LogP contribution is 2.21. The fraction of sp³-hybridized carbons (Fsp3) is 0.364. The van der Waals surface area contributed by atoms with Gasteiger partial charge in [-0.05, 0) is 25.1 Å². The topological polar surface area (TPSA) is 84.6 Å². The summed E-state index contributed by atoms with van der Waals surface area (Å²) in [4.78, 5) is 11.7. The summed E-state index contributed by atoms with van der Waals surface area (Å²) in [6.07, 6.45) is 0. The Bertz CT molecular complexity index is 379. The largest absolute Gasteiger partial charge is 0.495 e. The molecule has 16 heavy (non-hydrogen) atoms. The molecule has 1 aromatic rings. The number of nitrogens with two attached hydrogens (primary N) is 1. The standard InChI is InChI=1S/C11H16N2O3/c1-7(6-14)13-11(15)8-3-4-9(12)10(5-8)16-2/h3-5,7,14H,6,12H2,1-2H3,(H,13,15)/t7-/m0/s1. The molecule has 0 aliphatic heterocycles. The quantitative estimate of drug-likeness (QED) is 0.646. The SMILES string of the molecule is COc1cc(C(=O)N[C@@H](C)CO)ccc1N. The molecule has 0 aliphatic carbocycles. The van der Waals surface area contributed by atoms with Gasteiger partial charge in [-0.1, -0.05) is 0 Å². The van der Waals surface area contributed by atoms with Crippen LogP contribution in [0.2, 0.25) is 0 Å². The number of rotatable bonds is 4. The number of carbonyl (C=O) groups excluding carboxylic acids is 1. The predicted molar refractivity (Wildman–Crippen MR) is 61.4 cm³/mol. The number of hydrogen-bond acceptors (Lipinski definition) is 4. The smallest absolute Gasteiger partial charge is 0.251 e. The van der Waals surface area contributed by atoms with E-state index >= 15 is 0 Å². The van der Waals surface area contributed by atoms with Crippen LogP contribution in [-0.4, -0.2) is 30.8 Å². The molecule has 0 spiro atoms. The number of aliphatic hydroxyl groups excluding tert-OH is 1. The summed E-state index contributed by atoms with van der Waals surface area (Å²) in [5.41, 5.74) is 6.56. The summed E-state index contributed by atoms with van der Waals surface area (Å²) in [7, 11) is 1.49. The summed E-state index contributed by atoms with van der Waals surface area (Å²) in [6, 6.07) is 4.50. The predicted octanol–water partition coefficient (Wildman–Crippen LogP) is 0.388. The highest BCUT2D eigenvalue weighted by Gasteiger charge is 2.10. The van der Waals surface area contributed by atoms with E-state index in [9.17, 15) is 4.79 Å². The van der Waals surface area contributed by atoms with Crippen molar-refractivity contribution in [1.29, 1.82) is 0 Å². The Kier molecular flexibility index (Phi) is 4.13. The molecule has 5 heteroatoms. The highest BCUT2D eigenvalue weighted by atomic mass is 16.5. The van der Waals surface area contributed by atoms with E-state index in [1.807, 2.05) is 0 Å². The molecule has 1 amide bonds. The zero-order valence-electron chi connectivity index (χ0n) is 9.36. The average Bonchev–Trinajstić information content (AvgIpc) is 2.29. The molecule has 0 saturated carbocycles. The van der Waals surface area contributed by atoms with Gasteiger partial charge in [-0.25, -0.2) is 0 Å². The maximum atomic E-state index is 11.7. The lowest BCUT2D eigenvalue weighted by atomic mass is 10.1. The summed E-state index contributed by atoms with van der Waals surface area (Å²) in [5.74, 6) is 0.198. The molecule has 0 bridgehead atoms. The molecular formula is C11H16N2O3. The Balaban J connectivity index is 2.84. The molecule has 4 N–H and O–H groups in total. The van der Waals surface area contributed by atoms with Crippen LogP contribution in [0.3, 0.4) is 0 Å². The van der Waals surface area contributed by atoms with Crippen LogP contribution in [-0.2, 0) is 0 Å². The Morgan fingerprint density at radius 1 is 1.62 bits per heavy atom. The number of aliphatic hydroxyl groups is 1. The molecule has 0 aromatic heterocycles. The van der Waals surface area contributed by atoms with Crippen molar-refractivity contribution in [3.63, 3.8) is 0 Å². The van der Waals surface area contributed by atoms with Crippen molar-refractivity contribution < 1.29 is 14.6 Å². The van der Waals surface area contributed by atoms with Gasteiger partial charge in [0.15, 0.2) is 0 Å². The van der Waals surface area contributed by atoms with Gasteiger partial charge in [0.2, 0.25) is 0 Å². The van der Waals surface area contributed by atoms with E-state index in [1.54, 1.807) is 25.1 Å². The number of nitrogens with one attached hydrogen (secondary N) is 1. The lowest BCUT2D eigenvalue weighted by Gasteiger charge is -2.12. The third kappa shape index (κ3) is 2.87. The number of nitrogen functional groups attached to an aromatic ring is 1. The van der Waals surface area contributed by atoms with E-state index in [0.717, 1.165) is 0 Å². The third-order valence-corrected chi connectivity index (χ3v) is 2.15. The molecule has 0 heterocycles. The first-order valence-electron chi connectivity index (χ1n) is 4.93. The lowest BCUT2D eigenvalue weighted by molar-refractivity contribution is 0.0922. The second kappa shape index (κ2) is 5.37. The van der Waals surface area contributed by atoms with Crippen molar-refractivity contribution >= 4 is 11.6 Å². The van der Waals surface area contributed by atoms with Crippen molar-refractivity contribution in [1.82, 2.24) is 5.32 Å². The van der Waals surface area contributed by atoms with Crippen molar-refractivity contribution in [2.75, 3.05) is 19.5 Å². The van der Waals surface area contributed by atoms with Gasteiger partial charge in [0.25, 0.3) is 5.91 Å². The first-order valence-corrected chi connectivity index (χ1v) is 4.93. The molecule has 88 valence electrons. The number of hydrogen-bond donors (Lipinski definition) is 3. The number of amides is 1. The van der Waals surface area contributed by atoms with Gasteiger partial charge in [-0.3, -0.25) is 4.79 Å². The first-order chi connectivity index (χ1) is 7.58. The Morgan fingerprint density at radius 2 is 2.31 bits per heavy atom. The van der Waals surface area contributed by atoms with Gasteiger partial charge in [-0.2, -0.15) is 0 Å². The second-order valence-corrected chi connectivity index (χ2v) is 3.51. The van der Waals surface area contributed by atoms with Crippen molar-refractivity contribution in [2.24, 2.45) is 0 Å². The number of carbonyl (C=O) groups is 1. The Hall–Kier alpha value is -1.75. The van der Waals surface area contributed by atoms with Crippen LogP contribution in [0.4, 0.5) is 5.69 Å². The van der Waals surface area contributed by atoms with Gasteiger partial charge in [-0.15, -0.1) is 0 Å². The molecule has 0 fully saturated rings. The number of methoxy groups -OCH3 is 1. The highest BCUT2D eigenvalue weighted by molar-refractivity contribution is 5.95. The van der Waals surface area contributed by atoms with Gasteiger partial charge in [0, 0.05) is 11.6 Å². The van der Waals surface area contributed by atoms with E-state index in [2.05, 4.69) is 5.32 Å². The van der Waals surface area contributed by atoms with Crippen molar-refractivity contribution in [2.45, 2.75) is 13.0 Å². The molecule has 0 aliphatic rings. The van der Waals surface area contributed by atoms with Gasteiger partial charge >= 0.3 is 0 Å². The summed E-state index contributed by atoms with van der Waals surface area (Å²) >= 11 is 0. The molecule has 5 nitrogen and oxygen atoms in total. The maximum absolute atomic E-state index is 11.7. The normalized spacial score (nSPS) is 11.9. The lowest BCUT2D eigenvalue weighted by Crippen LogP contribution is -2.34. The summed E-state index contributed by atoms with van der Waals surface area (Å²) in [6.45, 7) is 1.62. The third-order valence-electron chi connectivity index (χ3n) is 2.15. The average molecular weight is 224 g/mol. The van der Waals surface area contributed by atoms with E-state index < -0.39 is 0 Å². The van der Waals surface area contributed by atoms with E-state index in [-0.39, 0.29) is 18.6 Å². The molecule has 0 saturated heterocycles. The molecule has 1 atom stereocenters. The van der Waals surface area contributed by atoms with Crippen LogP contribution in [0.15, 0.2) is 18.2 Å². The first kappa shape index (κ1) is 12.3. The van der Waals surface area contributed by atoms with E-state index in [1.165, 1.54) is 7.11 Å². The van der Waals surface area contributed by atoms with Gasteiger partial charge in [0.05, 0.1) is 19.4 Å². The second-order valence-electron chi connectivity index (χ2n) is 3.51. The van der Waals surface area contributed by atoms with Crippen LogP contribution >= 0.6 is 0 Å². The fourth-order valence-corrected chi connectivity index (χ4v) is 1.21. The van der Waals surface area contributed by atoms with Crippen molar-refractivity contribution in [3.05, 3.63) is 23.8 Å². The number of ether oxygens (including phenoxy) is 1. The zero-order valence-corrected chi connectivity index (χ0v) is 9.36. The van der Waals surface area contributed by atoms with Crippen LogP contribution in [0.5, 0.6) is 5.75 Å². The maximum Gasteiger partial charge on any atom is 0.251 e. The monoisotopic (exact) mass is 224 g/mol. The minimum absolute atomic E-state index is 0.0994. The fourth-order valence-electron chi connectivity index (χ4n) is 1.21.